The Morgan fingerprint density at radius 3 is 2.81 bits per heavy atom. The highest BCUT2D eigenvalue weighted by Crippen LogP contribution is 2.37. The third-order valence-electron chi connectivity index (χ3n) is 3.15. The van der Waals surface area contributed by atoms with Gasteiger partial charge >= 0.3 is 0 Å². The van der Waals surface area contributed by atoms with Crippen LogP contribution in [0.5, 0.6) is 11.5 Å². The minimum absolute atomic E-state index is 0.00137. The maximum atomic E-state index is 12.0. The van der Waals surface area contributed by atoms with Gasteiger partial charge in [-0.1, -0.05) is 18.5 Å². The third kappa shape index (κ3) is 3.47. The summed E-state index contributed by atoms with van der Waals surface area (Å²) in [7, 11) is 0. The molecule has 0 spiro atoms. The van der Waals surface area contributed by atoms with Gasteiger partial charge in [-0.3, -0.25) is 4.79 Å². The topological polar surface area (TPSA) is 71.4 Å². The van der Waals surface area contributed by atoms with Gasteiger partial charge in [-0.25, -0.2) is 0 Å². The van der Waals surface area contributed by atoms with Crippen molar-refractivity contribution >= 4 is 23.6 Å². The first-order valence-electron chi connectivity index (χ1n) is 6.57. The average molecular weight is 307 g/mol. The Labute approximate surface area is 128 Å². The number of halogens is 1. The van der Waals surface area contributed by atoms with Crippen molar-refractivity contribution < 1.29 is 14.3 Å². The largest absolute Gasteiger partial charge is 0.454 e. The summed E-state index contributed by atoms with van der Waals surface area (Å²) in [5, 5.41) is 12.3. The van der Waals surface area contributed by atoms with E-state index in [9.17, 15) is 4.79 Å². The van der Waals surface area contributed by atoms with Gasteiger partial charge in [-0.05, 0) is 31.1 Å². The van der Waals surface area contributed by atoms with Crippen molar-refractivity contribution in [1.29, 1.82) is 5.26 Å². The molecule has 1 amide bonds. The summed E-state index contributed by atoms with van der Waals surface area (Å²) in [6.45, 7) is 3.97. The fraction of sp³-hybridized carbons (Fsp3) is 0.333. The van der Waals surface area contributed by atoms with Crippen LogP contribution in [0.15, 0.2) is 17.7 Å². The lowest BCUT2D eigenvalue weighted by molar-refractivity contribution is -0.117. The number of ether oxygens (including phenoxy) is 2. The van der Waals surface area contributed by atoms with Crippen molar-refractivity contribution in [3.05, 3.63) is 28.3 Å². The minimum atomic E-state index is -0.416. The Bertz CT molecular complexity index is 635. The molecule has 0 unspecified atom stereocenters. The lowest BCUT2D eigenvalue weighted by Gasteiger charge is -2.10. The van der Waals surface area contributed by atoms with Crippen LogP contribution in [0.3, 0.4) is 0 Å². The second-order valence-electron chi connectivity index (χ2n) is 4.68. The van der Waals surface area contributed by atoms with Gasteiger partial charge in [-0.15, -0.1) is 0 Å². The molecule has 0 bridgehead atoms. The van der Waals surface area contributed by atoms with Crippen LogP contribution in [0.25, 0.3) is 6.08 Å². The lowest BCUT2D eigenvalue weighted by Crippen LogP contribution is -2.32. The monoisotopic (exact) mass is 306 g/mol. The van der Waals surface area contributed by atoms with E-state index in [1.165, 1.54) is 6.08 Å². The number of amides is 1. The Kier molecular flexibility index (Phi) is 4.71. The standard InChI is InChI=1S/C15H15ClN2O3/c1-3-9(2)18-15(19)11(7-17)4-10-5-13-14(6-12(10)16)21-8-20-13/h4-6,9H,3,8H2,1-2H3,(H,18,19)/b11-4+/t9-/m0/s1. The van der Waals surface area contributed by atoms with Gasteiger partial charge in [0.15, 0.2) is 11.5 Å². The lowest BCUT2D eigenvalue weighted by atomic mass is 10.1. The number of hydrogen-bond donors (Lipinski definition) is 1. The van der Waals surface area contributed by atoms with Crippen molar-refractivity contribution in [2.45, 2.75) is 26.3 Å². The van der Waals surface area contributed by atoms with E-state index < -0.39 is 5.91 Å². The van der Waals surface area contributed by atoms with Crippen molar-refractivity contribution in [2.75, 3.05) is 6.79 Å². The van der Waals surface area contributed by atoms with Crippen molar-refractivity contribution in [1.82, 2.24) is 5.32 Å². The van der Waals surface area contributed by atoms with Crippen LogP contribution >= 0.6 is 11.6 Å². The van der Waals surface area contributed by atoms with E-state index in [0.29, 0.717) is 22.1 Å². The molecule has 6 heteroatoms. The quantitative estimate of drug-likeness (QED) is 0.686. The van der Waals surface area contributed by atoms with Crippen LogP contribution in [0, 0.1) is 11.3 Å². The summed E-state index contributed by atoms with van der Waals surface area (Å²) in [6, 6.07) is 5.15. The molecule has 1 aliphatic rings. The molecule has 0 radical (unpaired) electrons. The summed E-state index contributed by atoms with van der Waals surface area (Å²) in [5.74, 6) is 0.686. The van der Waals surface area contributed by atoms with Crippen LogP contribution in [0.1, 0.15) is 25.8 Å². The van der Waals surface area contributed by atoms with E-state index in [1.807, 2.05) is 19.9 Å². The molecule has 5 nitrogen and oxygen atoms in total. The zero-order valence-electron chi connectivity index (χ0n) is 11.8. The summed E-state index contributed by atoms with van der Waals surface area (Å²) >= 11 is 6.13. The number of nitrogens with one attached hydrogen (secondary N) is 1. The van der Waals surface area contributed by atoms with Crippen molar-refractivity contribution in [2.24, 2.45) is 0 Å². The third-order valence-corrected chi connectivity index (χ3v) is 3.47. The van der Waals surface area contributed by atoms with Gasteiger partial charge in [0, 0.05) is 12.1 Å². The minimum Gasteiger partial charge on any atom is -0.454 e. The molecule has 1 N–H and O–H groups in total. The van der Waals surface area contributed by atoms with Crippen LogP contribution in [0.2, 0.25) is 5.02 Å². The number of carbonyl (C=O) groups is 1. The van der Waals surface area contributed by atoms with Gasteiger partial charge in [0.25, 0.3) is 5.91 Å². The molecule has 0 fully saturated rings. The van der Waals surface area contributed by atoms with Gasteiger partial charge in [-0.2, -0.15) is 5.26 Å². The Hall–Kier alpha value is -2.19. The summed E-state index contributed by atoms with van der Waals surface area (Å²) in [4.78, 5) is 12.0. The predicted molar refractivity (Wildman–Crippen MR) is 79.1 cm³/mol. The van der Waals surface area contributed by atoms with E-state index in [1.54, 1.807) is 12.1 Å². The second-order valence-corrected chi connectivity index (χ2v) is 5.09. The molecule has 1 atom stereocenters. The van der Waals surface area contributed by atoms with Gasteiger partial charge in [0.2, 0.25) is 6.79 Å². The average Bonchev–Trinajstić information content (AvgIpc) is 2.91. The maximum absolute atomic E-state index is 12.0. The fourth-order valence-corrected chi connectivity index (χ4v) is 1.96. The fourth-order valence-electron chi connectivity index (χ4n) is 1.75. The SMILES string of the molecule is CC[C@H](C)NC(=O)/C(C#N)=C/c1cc2c(cc1Cl)OCO2. The molecule has 1 aromatic rings. The molecular formula is C15H15ClN2O3. The number of rotatable bonds is 4. The molecule has 21 heavy (non-hydrogen) atoms. The molecule has 0 aliphatic carbocycles. The first kappa shape index (κ1) is 15.2. The van der Waals surface area contributed by atoms with E-state index in [-0.39, 0.29) is 18.4 Å². The predicted octanol–water partition coefficient (Wildman–Crippen LogP) is 2.89. The Morgan fingerprint density at radius 1 is 1.52 bits per heavy atom. The number of benzene rings is 1. The van der Waals surface area contributed by atoms with Gasteiger partial charge < -0.3 is 14.8 Å². The van der Waals surface area contributed by atoms with Crippen molar-refractivity contribution in [3.8, 4) is 17.6 Å². The van der Waals surface area contributed by atoms with Crippen molar-refractivity contribution in [3.63, 3.8) is 0 Å². The van der Waals surface area contributed by atoms with Crippen LogP contribution < -0.4 is 14.8 Å². The number of hydrogen-bond acceptors (Lipinski definition) is 4. The molecule has 1 heterocycles. The Balaban J connectivity index is 2.28. The zero-order valence-corrected chi connectivity index (χ0v) is 12.5. The van der Waals surface area contributed by atoms with E-state index >= 15 is 0 Å². The highest BCUT2D eigenvalue weighted by molar-refractivity contribution is 6.32. The van der Waals surface area contributed by atoms with E-state index in [2.05, 4.69) is 5.32 Å². The molecule has 1 aliphatic heterocycles. The van der Waals surface area contributed by atoms with Crippen LogP contribution in [-0.2, 0) is 4.79 Å². The first-order chi connectivity index (χ1) is 10.0. The summed E-state index contributed by atoms with van der Waals surface area (Å²) < 4.78 is 10.5. The first-order valence-corrected chi connectivity index (χ1v) is 6.94. The van der Waals surface area contributed by atoms with E-state index in [0.717, 1.165) is 6.42 Å². The zero-order chi connectivity index (χ0) is 15.4. The molecule has 0 saturated carbocycles. The highest BCUT2D eigenvalue weighted by Gasteiger charge is 2.17. The molecular weight excluding hydrogens is 292 g/mol. The summed E-state index contributed by atoms with van der Waals surface area (Å²) in [5.41, 5.74) is 0.535. The number of fused-ring (bicyclic) bond motifs is 1. The second kappa shape index (κ2) is 6.51. The molecule has 110 valence electrons. The maximum Gasteiger partial charge on any atom is 0.262 e. The molecule has 0 aromatic heterocycles. The smallest absolute Gasteiger partial charge is 0.262 e. The number of nitriles is 1. The molecule has 0 saturated heterocycles. The van der Waals surface area contributed by atoms with Crippen LogP contribution in [-0.4, -0.2) is 18.7 Å². The van der Waals surface area contributed by atoms with Gasteiger partial charge in [0.1, 0.15) is 11.6 Å². The highest BCUT2D eigenvalue weighted by atomic mass is 35.5. The molecule has 1 aromatic carbocycles. The van der Waals surface area contributed by atoms with E-state index in [4.69, 9.17) is 26.3 Å². The summed E-state index contributed by atoms with van der Waals surface area (Å²) in [6.07, 6.45) is 2.23. The number of nitrogens with zero attached hydrogens (tertiary/aromatic N) is 1. The van der Waals surface area contributed by atoms with Gasteiger partial charge in [0.05, 0.1) is 5.02 Å². The van der Waals surface area contributed by atoms with Crippen LogP contribution in [0.4, 0.5) is 0 Å². The number of carbonyl (C=O) groups excluding carboxylic acids is 1. The molecule has 2 rings (SSSR count). The normalized spacial score (nSPS) is 14.5. The Morgan fingerprint density at radius 2 is 2.19 bits per heavy atom.